The molecule has 0 spiro atoms. The average Bonchev–Trinajstić information content (AvgIpc) is 2.35. The highest BCUT2D eigenvalue weighted by Crippen LogP contribution is 2.13. The predicted molar refractivity (Wildman–Crippen MR) is 78.7 cm³/mol. The summed E-state index contributed by atoms with van der Waals surface area (Å²) in [5.74, 6) is 0.571. The first-order valence-electron chi connectivity index (χ1n) is 6.69. The zero-order valence-electron chi connectivity index (χ0n) is 11.9. The second kappa shape index (κ2) is 7.62. The van der Waals surface area contributed by atoms with Crippen LogP contribution in [0.1, 0.15) is 25.8 Å². The summed E-state index contributed by atoms with van der Waals surface area (Å²) in [6.45, 7) is 5.55. The van der Waals surface area contributed by atoms with Gasteiger partial charge < -0.3 is 5.32 Å². The molecule has 2 N–H and O–H groups in total. The molecule has 0 amide bonds. The molecular weight excluding hydrogens is 260 g/mol. The van der Waals surface area contributed by atoms with Gasteiger partial charge in [0.25, 0.3) is 0 Å². The Kier molecular flexibility index (Phi) is 6.48. The van der Waals surface area contributed by atoms with Crippen LogP contribution in [-0.4, -0.2) is 28.6 Å². The summed E-state index contributed by atoms with van der Waals surface area (Å²) >= 11 is 0. The van der Waals surface area contributed by atoms with E-state index in [0.717, 1.165) is 19.4 Å². The normalized spacial score (nSPS) is 12.0. The van der Waals surface area contributed by atoms with Crippen LogP contribution >= 0.6 is 0 Å². The second-order valence-electron chi connectivity index (χ2n) is 5.10. The third kappa shape index (κ3) is 5.72. The minimum atomic E-state index is -3.36. The van der Waals surface area contributed by atoms with Crippen LogP contribution in [0.2, 0.25) is 0 Å². The second-order valence-corrected chi connectivity index (χ2v) is 6.86. The van der Waals surface area contributed by atoms with Crippen molar-refractivity contribution in [1.29, 1.82) is 0 Å². The van der Waals surface area contributed by atoms with Gasteiger partial charge in [-0.2, -0.15) is 0 Å². The molecule has 0 aliphatic rings. The number of sulfonamides is 1. The van der Waals surface area contributed by atoms with Gasteiger partial charge in [0, 0.05) is 6.54 Å². The first-order valence-corrected chi connectivity index (χ1v) is 8.17. The Morgan fingerprint density at radius 1 is 1.11 bits per heavy atom. The van der Waals surface area contributed by atoms with Crippen molar-refractivity contribution >= 4 is 10.0 Å². The molecule has 0 fully saturated rings. The van der Waals surface area contributed by atoms with Gasteiger partial charge in [0.05, 0.1) is 4.90 Å². The smallest absolute Gasteiger partial charge is 0.240 e. The topological polar surface area (TPSA) is 58.2 Å². The summed E-state index contributed by atoms with van der Waals surface area (Å²) < 4.78 is 26.6. The van der Waals surface area contributed by atoms with Gasteiger partial charge in [-0.25, -0.2) is 13.1 Å². The van der Waals surface area contributed by atoms with Gasteiger partial charge in [0.2, 0.25) is 10.0 Å². The van der Waals surface area contributed by atoms with Crippen LogP contribution in [0.4, 0.5) is 0 Å². The van der Waals surface area contributed by atoms with Gasteiger partial charge in [-0.3, -0.25) is 0 Å². The Hall–Kier alpha value is -0.910. The van der Waals surface area contributed by atoms with Crippen molar-refractivity contribution in [2.45, 2.75) is 31.6 Å². The lowest BCUT2D eigenvalue weighted by Crippen LogP contribution is -2.26. The molecule has 19 heavy (non-hydrogen) atoms. The quantitative estimate of drug-likeness (QED) is 0.715. The van der Waals surface area contributed by atoms with Crippen LogP contribution in [0.5, 0.6) is 0 Å². The summed E-state index contributed by atoms with van der Waals surface area (Å²) in [6.07, 6.45) is 1.75. The molecule has 1 aromatic rings. The van der Waals surface area contributed by atoms with Gasteiger partial charge in [-0.1, -0.05) is 26.0 Å². The summed E-state index contributed by atoms with van der Waals surface area (Å²) in [7, 11) is -1.51. The van der Waals surface area contributed by atoms with Gasteiger partial charge in [-0.15, -0.1) is 0 Å². The van der Waals surface area contributed by atoms with Gasteiger partial charge >= 0.3 is 0 Å². The first kappa shape index (κ1) is 16.1. The molecule has 0 aromatic heterocycles. The van der Waals surface area contributed by atoms with Crippen molar-refractivity contribution in [2.24, 2.45) is 5.92 Å². The lowest BCUT2D eigenvalue weighted by molar-refractivity contribution is 0.577. The standard InChI is InChI=1S/C14H24N2O2S/c1-12(2)11-13-5-7-14(8-6-13)19(17,18)16-10-4-9-15-3/h5-8,12,15-16H,4,9-11H2,1-3H3. The van der Waals surface area contributed by atoms with Crippen LogP contribution in [0.15, 0.2) is 29.2 Å². The third-order valence-electron chi connectivity index (χ3n) is 2.77. The Morgan fingerprint density at radius 3 is 2.26 bits per heavy atom. The number of benzene rings is 1. The van der Waals surface area contributed by atoms with E-state index in [2.05, 4.69) is 23.9 Å². The van der Waals surface area contributed by atoms with E-state index in [1.54, 1.807) is 12.1 Å². The lowest BCUT2D eigenvalue weighted by Gasteiger charge is -2.08. The van der Waals surface area contributed by atoms with E-state index in [4.69, 9.17) is 0 Å². The van der Waals surface area contributed by atoms with Crippen LogP contribution in [0, 0.1) is 5.92 Å². The molecular formula is C14H24N2O2S. The molecule has 0 aliphatic carbocycles. The minimum Gasteiger partial charge on any atom is -0.320 e. The zero-order valence-corrected chi connectivity index (χ0v) is 12.8. The predicted octanol–water partition coefficient (Wildman–Crippen LogP) is 1.77. The summed E-state index contributed by atoms with van der Waals surface area (Å²) in [6, 6.07) is 7.14. The molecule has 0 aliphatic heterocycles. The highest BCUT2D eigenvalue weighted by Gasteiger charge is 2.12. The summed E-state index contributed by atoms with van der Waals surface area (Å²) in [4.78, 5) is 0.337. The van der Waals surface area contributed by atoms with Gasteiger partial charge in [0.15, 0.2) is 0 Å². The van der Waals surface area contributed by atoms with Gasteiger partial charge in [0.1, 0.15) is 0 Å². The fourth-order valence-corrected chi connectivity index (χ4v) is 2.91. The van der Waals surface area contributed by atoms with Crippen molar-refractivity contribution in [1.82, 2.24) is 10.0 Å². The van der Waals surface area contributed by atoms with Crippen LogP contribution < -0.4 is 10.0 Å². The molecule has 0 radical (unpaired) electrons. The highest BCUT2D eigenvalue weighted by molar-refractivity contribution is 7.89. The molecule has 0 atom stereocenters. The highest BCUT2D eigenvalue weighted by atomic mass is 32.2. The van der Waals surface area contributed by atoms with E-state index >= 15 is 0 Å². The Bertz CT molecular complexity index is 467. The first-order chi connectivity index (χ1) is 8.95. The van der Waals surface area contributed by atoms with E-state index in [1.165, 1.54) is 5.56 Å². The number of nitrogens with one attached hydrogen (secondary N) is 2. The van der Waals surface area contributed by atoms with Crippen molar-refractivity contribution in [3.8, 4) is 0 Å². The van der Waals surface area contributed by atoms with Crippen molar-refractivity contribution < 1.29 is 8.42 Å². The van der Waals surface area contributed by atoms with E-state index < -0.39 is 10.0 Å². The van der Waals surface area contributed by atoms with Crippen LogP contribution in [0.25, 0.3) is 0 Å². The molecule has 1 aromatic carbocycles. The summed E-state index contributed by atoms with van der Waals surface area (Å²) in [5.41, 5.74) is 1.17. The fourth-order valence-electron chi connectivity index (χ4n) is 1.83. The molecule has 108 valence electrons. The summed E-state index contributed by atoms with van der Waals surface area (Å²) in [5, 5.41) is 2.98. The third-order valence-corrected chi connectivity index (χ3v) is 4.25. The molecule has 0 saturated heterocycles. The maximum atomic E-state index is 12.0. The zero-order chi connectivity index (χ0) is 14.3. The lowest BCUT2D eigenvalue weighted by atomic mass is 10.0. The van der Waals surface area contributed by atoms with Crippen molar-refractivity contribution in [2.75, 3.05) is 20.1 Å². The van der Waals surface area contributed by atoms with E-state index in [0.29, 0.717) is 17.4 Å². The monoisotopic (exact) mass is 284 g/mol. The van der Waals surface area contributed by atoms with Crippen LogP contribution in [-0.2, 0) is 16.4 Å². The number of hydrogen-bond acceptors (Lipinski definition) is 3. The SMILES string of the molecule is CNCCCNS(=O)(=O)c1ccc(CC(C)C)cc1. The van der Waals surface area contributed by atoms with E-state index in [1.807, 2.05) is 19.2 Å². The van der Waals surface area contributed by atoms with Gasteiger partial charge in [-0.05, 0) is 50.0 Å². The molecule has 0 bridgehead atoms. The van der Waals surface area contributed by atoms with Crippen molar-refractivity contribution in [3.05, 3.63) is 29.8 Å². The molecule has 5 heteroatoms. The molecule has 0 saturated carbocycles. The maximum absolute atomic E-state index is 12.0. The maximum Gasteiger partial charge on any atom is 0.240 e. The largest absolute Gasteiger partial charge is 0.320 e. The van der Waals surface area contributed by atoms with Crippen LogP contribution in [0.3, 0.4) is 0 Å². The molecule has 0 unspecified atom stereocenters. The fraction of sp³-hybridized carbons (Fsp3) is 0.571. The number of hydrogen-bond donors (Lipinski definition) is 2. The van der Waals surface area contributed by atoms with E-state index in [9.17, 15) is 8.42 Å². The number of rotatable bonds is 8. The van der Waals surface area contributed by atoms with E-state index in [-0.39, 0.29) is 0 Å². The minimum absolute atomic E-state index is 0.337. The molecule has 0 heterocycles. The molecule has 4 nitrogen and oxygen atoms in total. The Morgan fingerprint density at radius 2 is 1.74 bits per heavy atom. The average molecular weight is 284 g/mol. The molecule has 1 rings (SSSR count). The van der Waals surface area contributed by atoms with Crippen molar-refractivity contribution in [3.63, 3.8) is 0 Å². The Balaban J connectivity index is 2.63. The Labute approximate surface area is 116 Å².